The summed E-state index contributed by atoms with van der Waals surface area (Å²) in [4.78, 5) is 27.5. The number of benzene rings is 4. The number of rotatable bonds is 7. The fourth-order valence-corrected chi connectivity index (χ4v) is 5.47. The maximum atomic E-state index is 13.2. The van der Waals surface area contributed by atoms with Gasteiger partial charge < -0.3 is 19.6 Å². The number of ether oxygens (including phenoxy) is 1. The van der Waals surface area contributed by atoms with E-state index in [-0.39, 0.29) is 0 Å². The van der Waals surface area contributed by atoms with Crippen molar-refractivity contribution < 1.29 is 19.4 Å². The highest BCUT2D eigenvalue weighted by Crippen LogP contribution is 2.45. The van der Waals surface area contributed by atoms with Crippen molar-refractivity contribution in [3.63, 3.8) is 0 Å². The van der Waals surface area contributed by atoms with Crippen molar-refractivity contribution >= 4 is 52.0 Å². The zero-order valence-corrected chi connectivity index (χ0v) is 26.1. The highest BCUT2D eigenvalue weighted by Gasteiger charge is 2.48. The van der Waals surface area contributed by atoms with Crippen LogP contribution in [0.1, 0.15) is 32.6 Å². The van der Waals surface area contributed by atoms with E-state index in [0.29, 0.717) is 34.2 Å². The van der Waals surface area contributed by atoms with E-state index in [2.05, 4.69) is 8.75 Å². The molecule has 0 amide bonds. The first kappa shape index (κ1) is 30.6. The van der Waals surface area contributed by atoms with Gasteiger partial charge in [0.25, 0.3) is 5.79 Å². The molecule has 1 N–H and O–H groups in total. The number of aldehydes is 1. The summed E-state index contributed by atoms with van der Waals surface area (Å²) < 4.78 is 14.2. The lowest BCUT2D eigenvalue weighted by Crippen LogP contribution is -2.29. The van der Waals surface area contributed by atoms with Crippen molar-refractivity contribution in [3.05, 3.63) is 124 Å². The number of aromatic nitrogens is 2. The first-order chi connectivity index (χ1) is 21.1. The molecular formula is C35H34N4O4S. The number of cyclic esters (lactones) is 1. The van der Waals surface area contributed by atoms with Crippen molar-refractivity contribution in [3.8, 4) is 0 Å². The molecule has 44 heavy (non-hydrogen) atoms. The Morgan fingerprint density at radius 2 is 1.41 bits per heavy atom. The van der Waals surface area contributed by atoms with Gasteiger partial charge in [0.1, 0.15) is 17.3 Å². The summed E-state index contributed by atoms with van der Waals surface area (Å²) in [7, 11) is 7.91. The van der Waals surface area contributed by atoms with Crippen molar-refractivity contribution in [2.75, 3.05) is 38.0 Å². The maximum Gasteiger partial charge on any atom is 0.342 e. The molecule has 0 spiro atoms. The molecule has 6 rings (SSSR count). The molecule has 2 heterocycles. The third kappa shape index (κ3) is 6.39. The number of aliphatic hydroxyl groups is 1. The van der Waals surface area contributed by atoms with E-state index >= 15 is 0 Å². The molecule has 0 aliphatic carbocycles. The number of esters is 1. The van der Waals surface area contributed by atoms with Gasteiger partial charge in [-0.25, -0.2) is 4.79 Å². The quantitative estimate of drug-likeness (QED) is 0.177. The van der Waals surface area contributed by atoms with Crippen LogP contribution in [0.5, 0.6) is 0 Å². The van der Waals surface area contributed by atoms with E-state index in [1.807, 2.05) is 124 Å². The molecule has 224 valence electrons. The number of hydrogen-bond acceptors (Lipinski definition) is 9. The zero-order chi connectivity index (χ0) is 31.4. The minimum Gasteiger partial charge on any atom is -0.421 e. The second-order valence-electron chi connectivity index (χ2n) is 11.1. The van der Waals surface area contributed by atoms with Gasteiger partial charge in [0.05, 0.1) is 17.3 Å². The highest BCUT2D eigenvalue weighted by molar-refractivity contribution is 7.00. The predicted molar refractivity (Wildman–Crippen MR) is 176 cm³/mol. The lowest BCUT2D eigenvalue weighted by molar-refractivity contribution is -0.185. The first-order valence-corrected chi connectivity index (χ1v) is 14.8. The molecule has 1 unspecified atom stereocenters. The number of nitrogens with zero attached hydrogens (tertiary/aromatic N) is 4. The lowest BCUT2D eigenvalue weighted by Gasteiger charge is -2.26. The molecule has 8 nitrogen and oxygen atoms in total. The molecule has 0 radical (unpaired) electrons. The third-order valence-corrected chi connectivity index (χ3v) is 8.08. The van der Waals surface area contributed by atoms with Gasteiger partial charge in [0, 0.05) is 62.7 Å². The van der Waals surface area contributed by atoms with Gasteiger partial charge in [-0.3, -0.25) is 4.79 Å². The molecule has 0 saturated carbocycles. The molecule has 1 aliphatic rings. The standard InChI is InChI=1S/C26H23N3O3S.C9H11NO/c1-16-4-9-19(10-5-16)26(31)21(14-17-6-11-20(12-7-17)29(2)3)24(25(30)32-26)18-8-13-22-23(15-18)28-33-27-22;1-10(2)9-5-3-8(7-11)4-6-9/h4-13,15,31H,14H2,1-3H3;3-7H,1-2H3. The minimum absolute atomic E-state index is 0.354. The number of anilines is 2. The number of carbonyl (C=O) groups is 2. The lowest BCUT2D eigenvalue weighted by atomic mass is 9.87. The third-order valence-electron chi connectivity index (χ3n) is 7.52. The largest absolute Gasteiger partial charge is 0.421 e. The maximum absolute atomic E-state index is 13.2. The van der Waals surface area contributed by atoms with Gasteiger partial charge in [-0.1, -0.05) is 48.0 Å². The van der Waals surface area contributed by atoms with Crippen LogP contribution in [0, 0.1) is 6.92 Å². The molecular weight excluding hydrogens is 572 g/mol. The van der Waals surface area contributed by atoms with E-state index in [1.54, 1.807) is 12.1 Å². The van der Waals surface area contributed by atoms with Gasteiger partial charge in [0.15, 0.2) is 0 Å². The zero-order valence-electron chi connectivity index (χ0n) is 25.3. The SMILES string of the molecule is CN(C)c1ccc(C=O)cc1.Cc1ccc(C2(O)OC(=O)C(c3ccc4nsnc4c3)=C2Cc2ccc(N(C)C)cc2)cc1. The van der Waals surface area contributed by atoms with Crippen LogP contribution in [-0.4, -0.2) is 54.3 Å². The van der Waals surface area contributed by atoms with Gasteiger partial charge in [-0.05, 0) is 66.6 Å². The van der Waals surface area contributed by atoms with Crippen LogP contribution in [0.2, 0.25) is 0 Å². The van der Waals surface area contributed by atoms with Gasteiger partial charge in [-0.2, -0.15) is 8.75 Å². The van der Waals surface area contributed by atoms with Crippen LogP contribution < -0.4 is 9.80 Å². The second kappa shape index (κ2) is 12.8. The molecule has 4 aromatic carbocycles. The Hall–Kier alpha value is -4.86. The summed E-state index contributed by atoms with van der Waals surface area (Å²) in [5, 5.41) is 11.8. The van der Waals surface area contributed by atoms with E-state index < -0.39 is 11.8 Å². The van der Waals surface area contributed by atoms with E-state index in [1.165, 1.54) is 0 Å². The average molecular weight is 607 g/mol. The van der Waals surface area contributed by atoms with E-state index in [9.17, 15) is 14.7 Å². The molecule has 0 bridgehead atoms. The van der Waals surface area contributed by atoms with Crippen LogP contribution in [-0.2, 0) is 21.7 Å². The van der Waals surface area contributed by atoms with Crippen molar-refractivity contribution in [1.29, 1.82) is 0 Å². The summed E-state index contributed by atoms with van der Waals surface area (Å²) >= 11 is 1.12. The number of hydrogen-bond donors (Lipinski definition) is 1. The summed E-state index contributed by atoms with van der Waals surface area (Å²) in [6.07, 6.45) is 1.20. The fraction of sp³-hybridized carbons (Fsp3) is 0.200. The van der Waals surface area contributed by atoms with E-state index in [0.717, 1.165) is 51.6 Å². The molecule has 0 fully saturated rings. The number of aryl methyl sites for hydroxylation is 1. The van der Waals surface area contributed by atoms with Gasteiger partial charge in [-0.15, -0.1) is 0 Å². The minimum atomic E-state index is -1.85. The molecule has 1 aliphatic heterocycles. The highest BCUT2D eigenvalue weighted by atomic mass is 32.1. The van der Waals surface area contributed by atoms with Crippen LogP contribution in [0.25, 0.3) is 16.6 Å². The fourth-order valence-electron chi connectivity index (χ4n) is 4.96. The summed E-state index contributed by atoms with van der Waals surface area (Å²) in [6, 6.07) is 28.4. The average Bonchev–Trinajstić information content (AvgIpc) is 3.59. The second-order valence-corrected chi connectivity index (χ2v) is 11.6. The van der Waals surface area contributed by atoms with Crippen molar-refractivity contribution in [2.24, 2.45) is 0 Å². The molecule has 0 saturated heterocycles. The summed E-state index contributed by atoms with van der Waals surface area (Å²) in [5.74, 6) is -2.41. The Balaban J connectivity index is 0.000000296. The van der Waals surface area contributed by atoms with E-state index in [4.69, 9.17) is 4.74 Å². The predicted octanol–water partition coefficient (Wildman–Crippen LogP) is 6.03. The normalized spacial score (nSPS) is 15.9. The Kier molecular flexibility index (Phi) is 8.89. The molecule has 9 heteroatoms. The summed E-state index contributed by atoms with van der Waals surface area (Å²) in [5.41, 5.74) is 8.44. The van der Waals surface area contributed by atoms with Crippen molar-refractivity contribution in [2.45, 2.75) is 19.1 Å². The smallest absolute Gasteiger partial charge is 0.342 e. The Bertz CT molecular complexity index is 1810. The summed E-state index contributed by atoms with van der Waals surface area (Å²) in [6.45, 7) is 1.97. The van der Waals surface area contributed by atoms with Gasteiger partial charge >= 0.3 is 5.97 Å². The molecule has 1 atom stereocenters. The number of carbonyl (C=O) groups excluding carboxylic acids is 2. The van der Waals surface area contributed by atoms with Crippen LogP contribution in [0.15, 0.2) is 96.6 Å². The van der Waals surface area contributed by atoms with Crippen LogP contribution in [0.3, 0.4) is 0 Å². The molecule has 1 aromatic heterocycles. The van der Waals surface area contributed by atoms with Crippen molar-refractivity contribution in [1.82, 2.24) is 8.75 Å². The Morgan fingerprint density at radius 3 is 2.00 bits per heavy atom. The monoisotopic (exact) mass is 606 g/mol. The number of fused-ring (bicyclic) bond motifs is 1. The Labute approximate surface area is 261 Å². The van der Waals surface area contributed by atoms with Gasteiger partial charge in [0.2, 0.25) is 0 Å². The topological polar surface area (TPSA) is 95.9 Å². The van der Waals surface area contributed by atoms with Crippen LogP contribution in [0.4, 0.5) is 11.4 Å². The van der Waals surface area contributed by atoms with Crippen LogP contribution >= 0.6 is 11.7 Å². The Morgan fingerprint density at radius 1 is 0.818 bits per heavy atom. The molecule has 5 aromatic rings. The first-order valence-electron chi connectivity index (χ1n) is 14.1.